The first-order valence-corrected chi connectivity index (χ1v) is 7.97. The average Bonchev–Trinajstić information content (AvgIpc) is 2.96. The highest BCUT2D eigenvalue weighted by molar-refractivity contribution is 7.21. The molecule has 0 saturated carbocycles. The van der Waals surface area contributed by atoms with Gasteiger partial charge in [0.25, 0.3) is 0 Å². The van der Waals surface area contributed by atoms with Gasteiger partial charge in [0.1, 0.15) is 10.8 Å². The molecule has 21 heavy (non-hydrogen) atoms. The van der Waals surface area contributed by atoms with E-state index in [1.54, 1.807) is 11.3 Å². The fraction of sp³-hybridized carbons (Fsp3) is 0.235. The van der Waals surface area contributed by atoms with Crippen LogP contribution in [0.15, 0.2) is 48.5 Å². The number of hydrogen-bond donors (Lipinski definition) is 1. The lowest BCUT2D eigenvalue weighted by Crippen LogP contribution is -2.03. The third-order valence-electron chi connectivity index (χ3n) is 3.26. The molecule has 2 N–H and O–H groups in total. The zero-order valence-electron chi connectivity index (χ0n) is 11.8. The molecule has 4 heteroatoms. The van der Waals surface area contributed by atoms with E-state index in [9.17, 15) is 0 Å². The molecule has 3 rings (SSSR count). The molecule has 0 radical (unpaired) electrons. The Kier molecular flexibility index (Phi) is 4.48. The molecule has 3 aromatic rings. The van der Waals surface area contributed by atoms with Crippen molar-refractivity contribution in [1.82, 2.24) is 4.98 Å². The van der Waals surface area contributed by atoms with Crippen molar-refractivity contribution in [3.05, 3.63) is 48.5 Å². The number of nitrogens with zero attached hydrogens (tertiary/aromatic N) is 1. The van der Waals surface area contributed by atoms with Crippen LogP contribution in [-0.2, 0) is 0 Å². The third kappa shape index (κ3) is 3.40. The van der Waals surface area contributed by atoms with Gasteiger partial charge in [-0.1, -0.05) is 12.1 Å². The summed E-state index contributed by atoms with van der Waals surface area (Å²) in [6.07, 6.45) is 2.00. The van der Waals surface area contributed by atoms with Crippen LogP contribution in [0.25, 0.3) is 20.8 Å². The molecule has 0 spiro atoms. The molecule has 0 unspecified atom stereocenters. The molecule has 0 saturated heterocycles. The number of unbranched alkanes of at least 4 members (excludes halogenated alkanes) is 1. The highest BCUT2D eigenvalue weighted by Crippen LogP contribution is 2.30. The van der Waals surface area contributed by atoms with E-state index in [0.717, 1.165) is 47.8 Å². The molecule has 0 aliphatic rings. The predicted molar refractivity (Wildman–Crippen MR) is 88.8 cm³/mol. The van der Waals surface area contributed by atoms with E-state index >= 15 is 0 Å². The van der Waals surface area contributed by atoms with E-state index in [2.05, 4.69) is 23.2 Å². The van der Waals surface area contributed by atoms with Crippen LogP contribution in [0.2, 0.25) is 0 Å². The van der Waals surface area contributed by atoms with E-state index in [4.69, 9.17) is 10.5 Å². The number of benzene rings is 2. The maximum Gasteiger partial charge on any atom is 0.124 e. The van der Waals surface area contributed by atoms with E-state index in [1.807, 2.05) is 30.3 Å². The number of para-hydroxylation sites is 1. The fourth-order valence-electron chi connectivity index (χ4n) is 2.13. The number of rotatable bonds is 6. The molecule has 1 heterocycles. The molecular weight excluding hydrogens is 280 g/mol. The van der Waals surface area contributed by atoms with E-state index in [0.29, 0.717) is 0 Å². The number of thiazole rings is 1. The summed E-state index contributed by atoms with van der Waals surface area (Å²) in [6.45, 7) is 1.44. The SMILES string of the molecule is NCCCCOc1ccc(-c2nc3ccccc3s2)cc1. The average molecular weight is 298 g/mol. The van der Waals surface area contributed by atoms with Crippen LogP contribution in [0.4, 0.5) is 0 Å². The lowest BCUT2D eigenvalue weighted by Gasteiger charge is -2.05. The van der Waals surface area contributed by atoms with E-state index in [1.165, 1.54) is 4.70 Å². The smallest absolute Gasteiger partial charge is 0.124 e. The summed E-state index contributed by atoms with van der Waals surface area (Å²) in [6, 6.07) is 16.3. The molecule has 3 nitrogen and oxygen atoms in total. The van der Waals surface area contributed by atoms with Crippen LogP contribution in [0.1, 0.15) is 12.8 Å². The second-order valence-corrected chi connectivity index (χ2v) is 5.89. The van der Waals surface area contributed by atoms with Crippen LogP contribution in [0.3, 0.4) is 0 Å². The first kappa shape index (κ1) is 14.0. The van der Waals surface area contributed by atoms with Crippen molar-refractivity contribution in [3.63, 3.8) is 0 Å². The number of ether oxygens (including phenoxy) is 1. The normalized spacial score (nSPS) is 10.9. The number of fused-ring (bicyclic) bond motifs is 1. The minimum Gasteiger partial charge on any atom is -0.494 e. The summed E-state index contributed by atoms with van der Waals surface area (Å²) in [5, 5.41) is 1.05. The van der Waals surface area contributed by atoms with Gasteiger partial charge < -0.3 is 10.5 Å². The van der Waals surface area contributed by atoms with Gasteiger partial charge in [0, 0.05) is 5.56 Å². The first-order valence-electron chi connectivity index (χ1n) is 7.16. The number of nitrogens with two attached hydrogens (primary N) is 1. The van der Waals surface area contributed by atoms with Crippen molar-refractivity contribution in [1.29, 1.82) is 0 Å². The van der Waals surface area contributed by atoms with Gasteiger partial charge in [0.2, 0.25) is 0 Å². The summed E-state index contributed by atoms with van der Waals surface area (Å²) < 4.78 is 6.90. The monoisotopic (exact) mass is 298 g/mol. The first-order chi connectivity index (χ1) is 10.4. The van der Waals surface area contributed by atoms with Crippen molar-refractivity contribution >= 4 is 21.6 Å². The van der Waals surface area contributed by atoms with Gasteiger partial charge in [0.15, 0.2) is 0 Å². The quantitative estimate of drug-likeness (QED) is 0.697. The summed E-state index contributed by atoms with van der Waals surface area (Å²) in [7, 11) is 0. The standard InChI is InChI=1S/C17H18N2OS/c18-11-3-4-12-20-14-9-7-13(8-10-14)17-19-15-5-1-2-6-16(15)21-17/h1-2,5-10H,3-4,11-12,18H2. The Balaban J connectivity index is 1.71. The minimum absolute atomic E-state index is 0.720. The van der Waals surface area contributed by atoms with Crippen molar-refractivity contribution in [3.8, 4) is 16.3 Å². The van der Waals surface area contributed by atoms with Crippen LogP contribution < -0.4 is 10.5 Å². The third-order valence-corrected chi connectivity index (χ3v) is 4.35. The molecule has 2 aromatic carbocycles. The van der Waals surface area contributed by atoms with Gasteiger partial charge in [0.05, 0.1) is 16.8 Å². The van der Waals surface area contributed by atoms with Gasteiger partial charge in [-0.3, -0.25) is 0 Å². The Morgan fingerprint density at radius 1 is 1.00 bits per heavy atom. The highest BCUT2D eigenvalue weighted by Gasteiger charge is 2.05. The van der Waals surface area contributed by atoms with Gasteiger partial charge >= 0.3 is 0 Å². The number of hydrogen-bond acceptors (Lipinski definition) is 4. The van der Waals surface area contributed by atoms with Crippen LogP contribution in [-0.4, -0.2) is 18.1 Å². The second-order valence-electron chi connectivity index (χ2n) is 4.86. The van der Waals surface area contributed by atoms with E-state index in [-0.39, 0.29) is 0 Å². The van der Waals surface area contributed by atoms with Crippen molar-refractivity contribution in [2.24, 2.45) is 5.73 Å². The molecule has 0 amide bonds. The van der Waals surface area contributed by atoms with Gasteiger partial charge in [-0.2, -0.15) is 0 Å². The molecular formula is C17H18N2OS. The molecule has 0 aliphatic carbocycles. The molecule has 0 fully saturated rings. The van der Waals surface area contributed by atoms with E-state index < -0.39 is 0 Å². The van der Waals surface area contributed by atoms with Crippen LogP contribution in [0, 0.1) is 0 Å². The Labute approximate surface area is 128 Å². The van der Waals surface area contributed by atoms with Crippen molar-refractivity contribution in [2.45, 2.75) is 12.8 Å². The van der Waals surface area contributed by atoms with Crippen LogP contribution >= 0.6 is 11.3 Å². The molecule has 0 aliphatic heterocycles. The topological polar surface area (TPSA) is 48.1 Å². The Hall–Kier alpha value is -1.91. The van der Waals surface area contributed by atoms with Gasteiger partial charge in [-0.05, 0) is 55.8 Å². The zero-order valence-corrected chi connectivity index (χ0v) is 12.6. The van der Waals surface area contributed by atoms with Crippen molar-refractivity contribution < 1.29 is 4.74 Å². The summed E-state index contributed by atoms with van der Waals surface area (Å²) >= 11 is 1.71. The second kappa shape index (κ2) is 6.70. The maximum absolute atomic E-state index is 5.69. The summed E-state index contributed by atoms with van der Waals surface area (Å²) in [4.78, 5) is 4.66. The predicted octanol–water partition coefficient (Wildman–Crippen LogP) is 4.08. The minimum atomic E-state index is 0.720. The highest BCUT2D eigenvalue weighted by atomic mass is 32.1. The molecule has 108 valence electrons. The molecule has 0 atom stereocenters. The molecule has 0 bridgehead atoms. The number of aromatic nitrogens is 1. The fourth-order valence-corrected chi connectivity index (χ4v) is 3.10. The van der Waals surface area contributed by atoms with Crippen LogP contribution in [0.5, 0.6) is 5.75 Å². The summed E-state index contributed by atoms with van der Waals surface area (Å²) in [5.74, 6) is 0.900. The zero-order chi connectivity index (χ0) is 14.5. The Morgan fingerprint density at radius 3 is 2.57 bits per heavy atom. The maximum atomic E-state index is 5.69. The molecule has 1 aromatic heterocycles. The lowest BCUT2D eigenvalue weighted by molar-refractivity contribution is 0.308. The largest absolute Gasteiger partial charge is 0.494 e. The van der Waals surface area contributed by atoms with Gasteiger partial charge in [-0.25, -0.2) is 4.98 Å². The van der Waals surface area contributed by atoms with Crippen molar-refractivity contribution in [2.75, 3.05) is 13.2 Å². The summed E-state index contributed by atoms with van der Waals surface area (Å²) in [5.41, 5.74) is 7.65. The Morgan fingerprint density at radius 2 is 1.81 bits per heavy atom. The Bertz CT molecular complexity index is 673. The lowest BCUT2D eigenvalue weighted by atomic mass is 10.2. The van der Waals surface area contributed by atoms with Gasteiger partial charge in [-0.15, -0.1) is 11.3 Å².